The van der Waals surface area contributed by atoms with E-state index >= 15 is 0 Å². The molecule has 2 heterocycles. The number of nitrogens with zero attached hydrogens (tertiary/aromatic N) is 1. The molecule has 1 amide bonds. The smallest absolute Gasteiger partial charge is 0.237 e. The first-order valence-electron chi connectivity index (χ1n) is 8.17. The van der Waals surface area contributed by atoms with Gasteiger partial charge >= 0.3 is 0 Å². The minimum Gasteiger partial charge on any atom is -0.495 e. The second kappa shape index (κ2) is 8.41. The summed E-state index contributed by atoms with van der Waals surface area (Å²) in [6.07, 6.45) is 3.17. The molecule has 2 N–H and O–H groups in total. The predicted octanol–water partition coefficient (Wildman–Crippen LogP) is 1.81. The summed E-state index contributed by atoms with van der Waals surface area (Å²) in [5.41, 5.74) is 1.15. The molecule has 0 spiro atoms. The third-order valence-corrected chi connectivity index (χ3v) is 4.65. The number of halogens is 1. The standard InChI is InChI=1S/C17H25N3O2.ClH/c1-22-16-7-3-2-6-15(16)20-10-8-13(12-20)11-19-17(21)14-5-4-9-18-14;/h2-3,6-7,13-14,18H,4-5,8-12H2,1H3,(H,19,21);1H/t13?,14-;/m0./s1. The summed E-state index contributed by atoms with van der Waals surface area (Å²) in [6.45, 7) is 3.72. The van der Waals surface area contributed by atoms with Gasteiger partial charge in [0.15, 0.2) is 0 Å². The van der Waals surface area contributed by atoms with E-state index in [9.17, 15) is 4.79 Å². The van der Waals surface area contributed by atoms with Crippen LogP contribution in [0.3, 0.4) is 0 Å². The second-order valence-electron chi connectivity index (χ2n) is 6.17. The van der Waals surface area contributed by atoms with Crippen molar-refractivity contribution in [2.45, 2.75) is 25.3 Å². The molecule has 3 rings (SSSR count). The molecule has 1 aromatic carbocycles. The van der Waals surface area contributed by atoms with Crippen molar-refractivity contribution in [3.05, 3.63) is 24.3 Å². The zero-order chi connectivity index (χ0) is 15.4. The molecule has 128 valence electrons. The number of rotatable bonds is 5. The second-order valence-corrected chi connectivity index (χ2v) is 6.17. The zero-order valence-corrected chi connectivity index (χ0v) is 14.4. The Kier molecular flexibility index (Phi) is 6.54. The number of nitrogens with one attached hydrogen (secondary N) is 2. The lowest BCUT2D eigenvalue weighted by atomic mass is 10.1. The summed E-state index contributed by atoms with van der Waals surface area (Å²) in [5, 5.41) is 6.35. The fourth-order valence-electron chi connectivity index (χ4n) is 3.39. The van der Waals surface area contributed by atoms with E-state index in [1.54, 1.807) is 7.11 Å². The van der Waals surface area contributed by atoms with Gasteiger partial charge in [-0.3, -0.25) is 4.79 Å². The Bertz CT molecular complexity index is 520. The highest BCUT2D eigenvalue weighted by molar-refractivity contribution is 5.85. The number of anilines is 1. The summed E-state index contributed by atoms with van der Waals surface area (Å²) in [4.78, 5) is 14.4. The topological polar surface area (TPSA) is 53.6 Å². The molecule has 0 radical (unpaired) electrons. The van der Waals surface area contributed by atoms with Gasteiger partial charge in [0.2, 0.25) is 5.91 Å². The first-order chi connectivity index (χ1) is 10.8. The summed E-state index contributed by atoms with van der Waals surface area (Å²) in [6, 6.07) is 8.15. The van der Waals surface area contributed by atoms with Crippen LogP contribution in [0, 0.1) is 5.92 Å². The number of ether oxygens (including phenoxy) is 1. The number of para-hydroxylation sites is 2. The lowest BCUT2D eigenvalue weighted by molar-refractivity contribution is -0.122. The van der Waals surface area contributed by atoms with E-state index < -0.39 is 0 Å². The normalized spacial score (nSPS) is 23.4. The van der Waals surface area contributed by atoms with Crippen molar-refractivity contribution in [2.24, 2.45) is 5.92 Å². The minimum atomic E-state index is 0. The zero-order valence-electron chi connectivity index (χ0n) is 13.6. The Hall–Kier alpha value is -1.46. The Morgan fingerprint density at radius 3 is 2.96 bits per heavy atom. The van der Waals surface area contributed by atoms with Crippen molar-refractivity contribution >= 4 is 24.0 Å². The average Bonchev–Trinajstić information content (AvgIpc) is 3.24. The van der Waals surface area contributed by atoms with Crippen LogP contribution in [0.2, 0.25) is 0 Å². The Balaban J connectivity index is 0.00000192. The molecule has 2 saturated heterocycles. The number of carbonyl (C=O) groups is 1. The monoisotopic (exact) mass is 339 g/mol. The molecule has 0 aromatic heterocycles. The van der Waals surface area contributed by atoms with Crippen molar-refractivity contribution in [3.8, 4) is 5.75 Å². The minimum absolute atomic E-state index is 0. The molecule has 5 nitrogen and oxygen atoms in total. The summed E-state index contributed by atoms with van der Waals surface area (Å²) < 4.78 is 5.44. The van der Waals surface area contributed by atoms with Gasteiger partial charge in [0.1, 0.15) is 5.75 Å². The lowest BCUT2D eigenvalue weighted by Gasteiger charge is -2.21. The molecule has 0 bridgehead atoms. The van der Waals surface area contributed by atoms with Crippen LogP contribution in [0.5, 0.6) is 5.75 Å². The Morgan fingerprint density at radius 1 is 1.39 bits per heavy atom. The van der Waals surface area contributed by atoms with Crippen LogP contribution in [0.1, 0.15) is 19.3 Å². The third kappa shape index (κ3) is 4.30. The fourth-order valence-corrected chi connectivity index (χ4v) is 3.39. The van der Waals surface area contributed by atoms with Gasteiger partial charge in [-0.25, -0.2) is 0 Å². The molecule has 2 aliphatic heterocycles. The molecule has 1 aromatic rings. The Labute approximate surface area is 144 Å². The number of hydrogen-bond acceptors (Lipinski definition) is 4. The van der Waals surface area contributed by atoms with Crippen LogP contribution in [0.4, 0.5) is 5.69 Å². The number of methoxy groups -OCH3 is 1. The van der Waals surface area contributed by atoms with Gasteiger partial charge in [0.25, 0.3) is 0 Å². The summed E-state index contributed by atoms with van der Waals surface area (Å²) in [5.74, 6) is 1.59. The maximum Gasteiger partial charge on any atom is 0.237 e. The lowest BCUT2D eigenvalue weighted by Crippen LogP contribution is -2.42. The first kappa shape index (κ1) is 17.9. The predicted molar refractivity (Wildman–Crippen MR) is 94.6 cm³/mol. The van der Waals surface area contributed by atoms with E-state index in [2.05, 4.69) is 21.6 Å². The van der Waals surface area contributed by atoms with E-state index in [4.69, 9.17) is 4.74 Å². The molecule has 2 fully saturated rings. The molecule has 23 heavy (non-hydrogen) atoms. The van der Waals surface area contributed by atoms with E-state index in [1.807, 2.05) is 18.2 Å². The van der Waals surface area contributed by atoms with Crippen LogP contribution in [0.15, 0.2) is 24.3 Å². The Morgan fingerprint density at radius 2 is 2.22 bits per heavy atom. The van der Waals surface area contributed by atoms with Crippen LogP contribution >= 0.6 is 12.4 Å². The van der Waals surface area contributed by atoms with Gasteiger partial charge in [-0.15, -0.1) is 12.4 Å². The van der Waals surface area contributed by atoms with Crippen molar-refractivity contribution in [2.75, 3.05) is 38.2 Å². The molecule has 2 aliphatic rings. The van der Waals surface area contributed by atoms with Crippen molar-refractivity contribution < 1.29 is 9.53 Å². The van der Waals surface area contributed by atoms with Crippen molar-refractivity contribution in [3.63, 3.8) is 0 Å². The molecule has 2 atom stereocenters. The number of carbonyl (C=O) groups excluding carboxylic acids is 1. The van der Waals surface area contributed by atoms with Gasteiger partial charge in [-0.05, 0) is 43.9 Å². The number of hydrogen-bond donors (Lipinski definition) is 2. The number of amides is 1. The van der Waals surface area contributed by atoms with Crippen LogP contribution in [-0.2, 0) is 4.79 Å². The van der Waals surface area contributed by atoms with Gasteiger partial charge in [0, 0.05) is 19.6 Å². The summed E-state index contributed by atoms with van der Waals surface area (Å²) in [7, 11) is 1.71. The molecular weight excluding hydrogens is 314 g/mol. The molecular formula is C17H26ClN3O2. The van der Waals surface area contributed by atoms with Gasteiger partial charge in [0.05, 0.1) is 18.8 Å². The summed E-state index contributed by atoms with van der Waals surface area (Å²) >= 11 is 0. The fraction of sp³-hybridized carbons (Fsp3) is 0.588. The highest BCUT2D eigenvalue weighted by Crippen LogP contribution is 2.31. The van der Waals surface area contributed by atoms with E-state index in [0.29, 0.717) is 5.92 Å². The largest absolute Gasteiger partial charge is 0.495 e. The van der Waals surface area contributed by atoms with Crippen LogP contribution < -0.4 is 20.3 Å². The van der Waals surface area contributed by atoms with E-state index in [-0.39, 0.29) is 24.4 Å². The van der Waals surface area contributed by atoms with E-state index in [0.717, 1.165) is 56.9 Å². The van der Waals surface area contributed by atoms with Crippen LogP contribution in [-0.4, -0.2) is 45.2 Å². The van der Waals surface area contributed by atoms with Crippen LogP contribution in [0.25, 0.3) is 0 Å². The highest BCUT2D eigenvalue weighted by atomic mass is 35.5. The van der Waals surface area contributed by atoms with Gasteiger partial charge < -0.3 is 20.3 Å². The molecule has 6 heteroatoms. The maximum absolute atomic E-state index is 12.0. The molecule has 0 aliphatic carbocycles. The first-order valence-corrected chi connectivity index (χ1v) is 8.17. The molecule has 0 saturated carbocycles. The quantitative estimate of drug-likeness (QED) is 0.859. The highest BCUT2D eigenvalue weighted by Gasteiger charge is 2.27. The van der Waals surface area contributed by atoms with Gasteiger partial charge in [-0.1, -0.05) is 12.1 Å². The maximum atomic E-state index is 12.0. The van der Waals surface area contributed by atoms with Crippen molar-refractivity contribution in [1.82, 2.24) is 10.6 Å². The SMILES string of the molecule is COc1ccccc1N1CCC(CNC(=O)[C@@H]2CCCN2)C1.Cl. The average molecular weight is 340 g/mol. The van der Waals surface area contributed by atoms with E-state index in [1.165, 1.54) is 0 Å². The number of benzene rings is 1. The third-order valence-electron chi connectivity index (χ3n) is 4.65. The van der Waals surface area contributed by atoms with Crippen molar-refractivity contribution in [1.29, 1.82) is 0 Å². The van der Waals surface area contributed by atoms with Gasteiger partial charge in [-0.2, -0.15) is 0 Å². The molecule has 1 unspecified atom stereocenters.